The molecular weight excluding hydrogens is 370 g/mol. The minimum Gasteiger partial charge on any atom is -0.366 e. The first-order valence-electron chi connectivity index (χ1n) is 7.77. The smallest absolute Gasteiger partial charge is 0.366 e. The minimum atomic E-state index is -4.52. The highest BCUT2D eigenvalue weighted by atomic mass is 32.2. The Bertz CT molecular complexity index is 879. The second-order valence-electron chi connectivity index (χ2n) is 4.92. The predicted octanol–water partition coefficient (Wildman–Crippen LogP) is 4.82. The summed E-state index contributed by atoms with van der Waals surface area (Å²) in [6.45, 7) is 6.01. The molecule has 0 spiro atoms. The second-order valence-corrected chi connectivity index (χ2v) is 6.03. The number of hydrogen-bond acceptors (Lipinski definition) is 5. The maximum atomic E-state index is 13.8. The molecule has 0 saturated heterocycles. The van der Waals surface area contributed by atoms with E-state index in [1.165, 1.54) is 16.9 Å². The monoisotopic (exact) mass is 387 g/mol. The van der Waals surface area contributed by atoms with Crippen LogP contribution in [0.5, 0.6) is 0 Å². The van der Waals surface area contributed by atoms with Crippen molar-refractivity contribution in [3.63, 3.8) is 0 Å². The lowest BCUT2D eigenvalue weighted by molar-refractivity contribution is -0.0329. The number of aryl methyl sites for hydroxylation is 1. The predicted molar refractivity (Wildman–Crippen MR) is 92.5 cm³/mol. The van der Waals surface area contributed by atoms with E-state index in [0.29, 0.717) is 17.2 Å². The Balaban J connectivity index is 0.00000117. The van der Waals surface area contributed by atoms with Gasteiger partial charge in [-0.3, -0.25) is 0 Å². The van der Waals surface area contributed by atoms with Gasteiger partial charge in [-0.1, -0.05) is 19.9 Å². The van der Waals surface area contributed by atoms with E-state index in [1.807, 2.05) is 13.8 Å². The van der Waals surface area contributed by atoms with Gasteiger partial charge in [-0.25, -0.2) is 9.37 Å². The molecule has 2 aromatic heterocycles. The first-order valence-corrected chi connectivity index (χ1v) is 8.59. The van der Waals surface area contributed by atoms with Crippen LogP contribution in [0.4, 0.5) is 23.4 Å². The Morgan fingerprint density at radius 3 is 2.58 bits per heavy atom. The van der Waals surface area contributed by atoms with Gasteiger partial charge < -0.3 is 5.32 Å². The fourth-order valence-corrected chi connectivity index (χ4v) is 2.65. The van der Waals surface area contributed by atoms with Crippen LogP contribution in [0.25, 0.3) is 5.78 Å². The molecule has 0 atom stereocenters. The summed E-state index contributed by atoms with van der Waals surface area (Å²) in [6.07, 6.45) is 1.36. The van der Waals surface area contributed by atoms with Crippen molar-refractivity contribution in [3.05, 3.63) is 47.7 Å². The zero-order valence-corrected chi connectivity index (χ0v) is 15.1. The Morgan fingerprint density at radius 2 is 1.92 bits per heavy atom. The fourth-order valence-electron chi connectivity index (χ4n) is 2.11. The van der Waals surface area contributed by atoms with Gasteiger partial charge >= 0.3 is 5.51 Å². The van der Waals surface area contributed by atoms with Gasteiger partial charge in [0.2, 0.25) is 0 Å². The molecule has 0 fully saturated rings. The molecule has 3 rings (SSSR count). The first-order chi connectivity index (χ1) is 12.3. The summed E-state index contributed by atoms with van der Waals surface area (Å²) >= 11 is -0.471. The van der Waals surface area contributed by atoms with Crippen molar-refractivity contribution in [2.45, 2.75) is 37.7 Å². The van der Waals surface area contributed by atoms with Crippen molar-refractivity contribution in [3.8, 4) is 0 Å². The van der Waals surface area contributed by atoms with Crippen LogP contribution >= 0.6 is 11.8 Å². The number of fused-ring (bicyclic) bond motifs is 1. The number of thioether (sulfide) groups is 1. The van der Waals surface area contributed by atoms with Gasteiger partial charge in [0.15, 0.2) is 0 Å². The normalized spacial score (nSPS) is 11.2. The third-order valence-electron chi connectivity index (χ3n) is 3.08. The van der Waals surface area contributed by atoms with Crippen LogP contribution in [0.1, 0.15) is 25.1 Å². The van der Waals surface area contributed by atoms with E-state index in [-0.39, 0.29) is 6.54 Å². The number of hydrogen-bond donors (Lipinski definition) is 1. The topological polar surface area (TPSA) is 55.1 Å². The first kappa shape index (κ1) is 20.0. The van der Waals surface area contributed by atoms with Crippen LogP contribution in [0.2, 0.25) is 0 Å². The van der Waals surface area contributed by atoms with Crippen LogP contribution < -0.4 is 5.32 Å². The zero-order valence-electron chi connectivity index (χ0n) is 14.3. The van der Waals surface area contributed by atoms with Gasteiger partial charge in [0.25, 0.3) is 5.78 Å². The number of benzene rings is 1. The molecule has 0 bridgehead atoms. The van der Waals surface area contributed by atoms with Crippen molar-refractivity contribution in [1.82, 2.24) is 19.6 Å². The minimum absolute atomic E-state index is 0.215. The molecule has 0 saturated carbocycles. The quantitative estimate of drug-likeness (QED) is 0.514. The molecule has 10 heteroatoms. The molecule has 2 heterocycles. The largest absolute Gasteiger partial charge is 0.446 e. The van der Waals surface area contributed by atoms with Crippen LogP contribution in [0.3, 0.4) is 0 Å². The summed E-state index contributed by atoms with van der Waals surface area (Å²) in [5.41, 5.74) is -3.30. The Kier molecular flexibility index (Phi) is 6.41. The van der Waals surface area contributed by atoms with E-state index in [9.17, 15) is 17.6 Å². The van der Waals surface area contributed by atoms with Crippen molar-refractivity contribution >= 4 is 23.4 Å². The summed E-state index contributed by atoms with van der Waals surface area (Å²) in [4.78, 5) is 7.72. The second kappa shape index (κ2) is 8.35. The fraction of sp³-hybridized carbons (Fsp3) is 0.312. The molecule has 3 aromatic rings. The van der Waals surface area contributed by atoms with E-state index in [1.54, 1.807) is 13.0 Å². The van der Waals surface area contributed by atoms with E-state index < -0.39 is 28.0 Å². The van der Waals surface area contributed by atoms with E-state index >= 15 is 0 Å². The average molecular weight is 387 g/mol. The number of halogens is 4. The molecule has 0 radical (unpaired) electrons. The SMILES string of the molecule is CC.Cc1cc(NCc2ccc(SC(F)(F)F)c(F)c2)n2ncnc2n1. The van der Waals surface area contributed by atoms with Gasteiger partial charge in [0.05, 0.1) is 4.90 Å². The Hall–Kier alpha value is -2.36. The van der Waals surface area contributed by atoms with E-state index in [4.69, 9.17) is 0 Å². The molecule has 1 aromatic carbocycles. The van der Waals surface area contributed by atoms with Crippen molar-refractivity contribution in [2.75, 3.05) is 5.32 Å². The molecular formula is C16H17F4N5S. The lowest BCUT2D eigenvalue weighted by atomic mass is 10.2. The molecule has 26 heavy (non-hydrogen) atoms. The zero-order chi connectivity index (χ0) is 19.3. The van der Waals surface area contributed by atoms with Gasteiger partial charge in [-0.15, -0.1) is 0 Å². The number of rotatable bonds is 4. The highest BCUT2D eigenvalue weighted by Gasteiger charge is 2.30. The molecule has 0 aliphatic heterocycles. The van der Waals surface area contributed by atoms with Crippen LogP contribution in [-0.4, -0.2) is 25.1 Å². The van der Waals surface area contributed by atoms with Gasteiger partial charge in [0.1, 0.15) is 18.0 Å². The lowest BCUT2D eigenvalue weighted by Crippen LogP contribution is -2.07. The molecule has 140 valence electrons. The number of nitrogens with one attached hydrogen (secondary N) is 1. The highest BCUT2D eigenvalue weighted by molar-refractivity contribution is 8.00. The van der Waals surface area contributed by atoms with Crippen LogP contribution in [0, 0.1) is 12.7 Å². The number of anilines is 1. The van der Waals surface area contributed by atoms with Crippen molar-refractivity contribution in [2.24, 2.45) is 0 Å². The third-order valence-corrected chi connectivity index (χ3v) is 3.86. The van der Waals surface area contributed by atoms with E-state index in [0.717, 1.165) is 17.8 Å². The van der Waals surface area contributed by atoms with Gasteiger partial charge in [-0.2, -0.15) is 27.8 Å². The van der Waals surface area contributed by atoms with Crippen LogP contribution in [-0.2, 0) is 6.54 Å². The molecule has 5 nitrogen and oxygen atoms in total. The maximum absolute atomic E-state index is 13.8. The highest BCUT2D eigenvalue weighted by Crippen LogP contribution is 2.38. The summed E-state index contributed by atoms with van der Waals surface area (Å²) < 4.78 is 52.2. The van der Waals surface area contributed by atoms with E-state index in [2.05, 4.69) is 20.4 Å². The Labute approximate surface area is 151 Å². The Morgan fingerprint density at radius 1 is 1.19 bits per heavy atom. The summed E-state index contributed by atoms with van der Waals surface area (Å²) in [5, 5.41) is 7.07. The molecule has 0 aliphatic rings. The number of alkyl halides is 3. The lowest BCUT2D eigenvalue weighted by Gasteiger charge is -2.10. The average Bonchev–Trinajstić information content (AvgIpc) is 3.04. The van der Waals surface area contributed by atoms with Gasteiger partial charge in [-0.05, 0) is 36.4 Å². The van der Waals surface area contributed by atoms with Crippen molar-refractivity contribution in [1.29, 1.82) is 0 Å². The molecule has 1 N–H and O–H groups in total. The number of nitrogens with zero attached hydrogens (tertiary/aromatic N) is 4. The molecule has 0 unspecified atom stereocenters. The molecule has 0 amide bonds. The van der Waals surface area contributed by atoms with Crippen LogP contribution in [0.15, 0.2) is 35.5 Å². The standard InChI is InChI=1S/C14H11F4N5S.C2H6/c1-8-4-12(23-13(22-8)20-7-21-23)19-6-9-2-3-11(10(15)5-9)24-14(16,17)18;1-2/h2-5,7,19H,6H2,1H3;1-2H3. The third kappa shape index (κ3) is 5.07. The van der Waals surface area contributed by atoms with Crippen molar-refractivity contribution < 1.29 is 17.6 Å². The summed E-state index contributed by atoms with van der Waals surface area (Å²) in [6, 6.07) is 5.38. The summed E-state index contributed by atoms with van der Waals surface area (Å²) in [5.74, 6) is 0.109. The molecule has 0 aliphatic carbocycles. The summed E-state index contributed by atoms with van der Waals surface area (Å²) in [7, 11) is 0. The number of aromatic nitrogens is 4. The maximum Gasteiger partial charge on any atom is 0.446 e. The van der Waals surface area contributed by atoms with Gasteiger partial charge in [0, 0.05) is 18.3 Å².